The zero-order valence-corrected chi connectivity index (χ0v) is 11.2. The number of para-hydroxylation sites is 1. The molecule has 21 heavy (non-hydrogen) atoms. The second-order valence-electron chi connectivity index (χ2n) is 4.78. The fraction of sp³-hybridized carbons (Fsp3) is 0. The zero-order valence-electron chi connectivity index (χ0n) is 11.2. The average Bonchev–Trinajstić information content (AvgIpc) is 2.55. The van der Waals surface area contributed by atoms with Crippen molar-refractivity contribution in [3.63, 3.8) is 0 Å². The summed E-state index contributed by atoms with van der Waals surface area (Å²) in [6, 6.07) is 18.0. The molecular formula is C17H12N4. The molecule has 4 heteroatoms. The third-order valence-corrected chi connectivity index (χ3v) is 3.41. The number of hydrogen-bond donors (Lipinski definition) is 1. The van der Waals surface area contributed by atoms with E-state index in [9.17, 15) is 0 Å². The van der Waals surface area contributed by atoms with Gasteiger partial charge in [-0.25, -0.2) is 9.97 Å². The molecule has 2 aromatic carbocycles. The van der Waals surface area contributed by atoms with Crippen LogP contribution < -0.4 is 5.32 Å². The minimum atomic E-state index is 0.809. The van der Waals surface area contributed by atoms with Crippen molar-refractivity contribution in [1.29, 1.82) is 0 Å². The molecule has 2 aromatic heterocycles. The van der Waals surface area contributed by atoms with Crippen LogP contribution >= 0.6 is 0 Å². The van der Waals surface area contributed by atoms with E-state index in [1.54, 1.807) is 12.5 Å². The predicted octanol–water partition coefficient (Wildman–Crippen LogP) is 3.92. The van der Waals surface area contributed by atoms with Crippen molar-refractivity contribution in [2.45, 2.75) is 0 Å². The summed E-state index contributed by atoms with van der Waals surface area (Å²) in [4.78, 5) is 12.9. The smallest absolute Gasteiger partial charge is 0.141 e. The Balaban J connectivity index is 1.79. The van der Waals surface area contributed by atoms with Crippen LogP contribution in [0.4, 0.5) is 11.5 Å². The van der Waals surface area contributed by atoms with E-state index in [0.717, 1.165) is 33.3 Å². The molecule has 1 N–H and O–H groups in total. The molecule has 0 aliphatic carbocycles. The Bertz CT molecular complexity index is 928. The number of nitrogens with zero attached hydrogens (tertiary/aromatic N) is 3. The van der Waals surface area contributed by atoms with Crippen LogP contribution in [0.1, 0.15) is 0 Å². The molecule has 4 aromatic rings. The number of benzene rings is 2. The summed E-state index contributed by atoms with van der Waals surface area (Å²) in [6.45, 7) is 0. The number of aromatic nitrogens is 3. The molecule has 0 aliphatic rings. The third kappa shape index (κ3) is 2.17. The molecule has 4 nitrogen and oxygen atoms in total. The Morgan fingerprint density at radius 1 is 0.762 bits per heavy atom. The molecule has 0 radical (unpaired) electrons. The molecule has 0 aliphatic heterocycles. The van der Waals surface area contributed by atoms with Crippen molar-refractivity contribution >= 4 is 33.3 Å². The number of fused-ring (bicyclic) bond motifs is 2. The van der Waals surface area contributed by atoms with Crippen LogP contribution in [-0.2, 0) is 0 Å². The molecule has 0 unspecified atom stereocenters. The Labute approximate surface area is 121 Å². The largest absolute Gasteiger partial charge is 0.340 e. The molecule has 0 saturated heterocycles. The lowest BCUT2D eigenvalue weighted by molar-refractivity contribution is 1.22. The summed E-state index contributed by atoms with van der Waals surface area (Å²) in [7, 11) is 0. The van der Waals surface area contributed by atoms with Gasteiger partial charge in [0.15, 0.2) is 0 Å². The molecule has 2 heterocycles. The van der Waals surface area contributed by atoms with E-state index >= 15 is 0 Å². The van der Waals surface area contributed by atoms with E-state index in [0.29, 0.717) is 0 Å². The quantitative estimate of drug-likeness (QED) is 0.601. The highest BCUT2D eigenvalue weighted by Crippen LogP contribution is 2.24. The Morgan fingerprint density at radius 3 is 2.71 bits per heavy atom. The Morgan fingerprint density at radius 2 is 1.71 bits per heavy atom. The molecule has 0 amide bonds. The number of rotatable bonds is 2. The van der Waals surface area contributed by atoms with Gasteiger partial charge in [0.1, 0.15) is 12.1 Å². The van der Waals surface area contributed by atoms with Gasteiger partial charge < -0.3 is 5.32 Å². The number of hydrogen-bond acceptors (Lipinski definition) is 4. The average molecular weight is 272 g/mol. The SMILES string of the molecule is c1cnc2ccc(Nc3ncnc4ccccc34)cc2c1. The Kier molecular flexibility index (Phi) is 2.71. The number of pyridine rings is 1. The fourth-order valence-corrected chi connectivity index (χ4v) is 2.39. The van der Waals surface area contributed by atoms with Crippen molar-refractivity contribution in [3.8, 4) is 0 Å². The summed E-state index contributed by atoms with van der Waals surface area (Å²) in [5, 5.41) is 5.46. The normalized spacial score (nSPS) is 10.9. The van der Waals surface area contributed by atoms with Crippen LogP contribution in [0.25, 0.3) is 21.8 Å². The van der Waals surface area contributed by atoms with Crippen molar-refractivity contribution in [2.75, 3.05) is 5.32 Å². The van der Waals surface area contributed by atoms with Gasteiger partial charge >= 0.3 is 0 Å². The lowest BCUT2D eigenvalue weighted by Gasteiger charge is -2.08. The monoisotopic (exact) mass is 272 g/mol. The molecular weight excluding hydrogens is 260 g/mol. The first-order chi connectivity index (χ1) is 10.4. The number of nitrogens with one attached hydrogen (secondary N) is 1. The highest BCUT2D eigenvalue weighted by atomic mass is 15.0. The van der Waals surface area contributed by atoms with Crippen LogP contribution in [0.15, 0.2) is 67.1 Å². The minimum Gasteiger partial charge on any atom is -0.340 e. The molecule has 4 rings (SSSR count). The maximum atomic E-state index is 4.34. The van der Waals surface area contributed by atoms with Gasteiger partial charge in [-0.2, -0.15) is 0 Å². The lowest BCUT2D eigenvalue weighted by Crippen LogP contribution is -1.96. The van der Waals surface area contributed by atoms with Gasteiger partial charge in [0.05, 0.1) is 11.0 Å². The molecule has 0 spiro atoms. The van der Waals surface area contributed by atoms with E-state index in [4.69, 9.17) is 0 Å². The van der Waals surface area contributed by atoms with E-state index in [2.05, 4.69) is 26.3 Å². The first-order valence-electron chi connectivity index (χ1n) is 6.72. The van der Waals surface area contributed by atoms with Crippen LogP contribution in [0.2, 0.25) is 0 Å². The van der Waals surface area contributed by atoms with Crippen LogP contribution in [0.5, 0.6) is 0 Å². The second-order valence-corrected chi connectivity index (χ2v) is 4.78. The zero-order chi connectivity index (χ0) is 14.1. The maximum Gasteiger partial charge on any atom is 0.141 e. The van der Waals surface area contributed by atoms with E-state index < -0.39 is 0 Å². The van der Waals surface area contributed by atoms with Gasteiger partial charge in [-0.1, -0.05) is 18.2 Å². The molecule has 0 atom stereocenters. The lowest BCUT2D eigenvalue weighted by atomic mass is 10.2. The van der Waals surface area contributed by atoms with E-state index in [1.807, 2.05) is 48.5 Å². The van der Waals surface area contributed by atoms with Gasteiger partial charge in [0.2, 0.25) is 0 Å². The van der Waals surface area contributed by atoms with E-state index in [1.165, 1.54) is 0 Å². The summed E-state index contributed by atoms with van der Waals surface area (Å²) in [6.07, 6.45) is 3.38. The fourth-order valence-electron chi connectivity index (χ4n) is 2.39. The van der Waals surface area contributed by atoms with E-state index in [-0.39, 0.29) is 0 Å². The van der Waals surface area contributed by atoms with Gasteiger partial charge in [-0.15, -0.1) is 0 Å². The topological polar surface area (TPSA) is 50.7 Å². The van der Waals surface area contributed by atoms with Crippen LogP contribution in [0, 0.1) is 0 Å². The second kappa shape index (κ2) is 4.83. The van der Waals surface area contributed by atoms with Crippen molar-refractivity contribution < 1.29 is 0 Å². The van der Waals surface area contributed by atoms with Crippen molar-refractivity contribution in [3.05, 3.63) is 67.1 Å². The summed E-state index contributed by atoms with van der Waals surface area (Å²) in [5.41, 5.74) is 2.90. The standard InChI is InChI=1S/C17H12N4/c1-2-6-16-14(5-1)17(20-11-19-16)21-13-7-8-15-12(10-13)4-3-9-18-15/h1-11H,(H,19,20,21). The predicted molar refractivity (Wildman–Crippen MR) is 84.6 cm³/mol. The van der Waals surface area contributed by atoms with Crippen molar-refractivity contribution in [1.82, 2.24) is 15.0 Å². The summed E-state index contributed by atoms with van der Waals surface area (Å²) < 4.78 is 0. The van der Waals surface area contributed by atoms with Crippen molar-refractivity contribution in [2.24, 2.45) is 0 Å². The van der Waals surface area contributed by atoms with Gasteiger partial charge in [-0.3, -0.25) is 4.98 Å². The highest BCUT2D eigenvalue weighted by Gasteiger charge is 2.04. The highest BCUT2D eigenvalue weighted by molar-refractivity contribution is 5.91. The van der Waals surface area contributed by atoms with Gasteiger partial charge in [-0.05, 0) is 36.4 Å². The Hall–Kier alpha value is -3.01. The molecule has 0 fully saturated rings. The maximum absolute atomic E-state index is 4.34. The van der Waals surface area contributed by atoms with Gasteiger partial charge in [0, 0.05) is 22.7 Å². The molecule has 100 valence electrons. The van der Waals surface area contributed by atoms with Gasteiger partial charge in [0.25, 0.3) is 0 Å². The molecule has 0 bridgehead atoms. The number of anilines is 2. The third-order valence-electron chi connectivity index (χ3n) is 3.41. The van der Waals surface area contributed by atoms with Crippen LogP contribution in [-0.4, -0.2) is 15.0 Å². The molecule has 0 saturated carbocycles. The summed E-state index contributed by atoms with van der Waals surface area (Å²) >= 11 is 0. The minimum absolute atomic E-state index is 0.809. The van der Waals surface area contributed by atoms with Crippen LogP contribution in [0.3, 0.4) is 0 Å². The first kappa shape index (κ1) is 11.8. The first-order valence-corrected chi connectivity index (χ1v) is 6.72. The summed E-state index contributed by atoms with van der Waals surface area (Å²) in [5.74, 6) is 0.809.